The summed E-state index contributed by atoms with van der Waals surface area (Å²) in [7, 11) is 0. The van der Waals surface area contributed by atoms with Crippen LogP contribution in [-0.4, -0.2) is 18.4 Å². The number of fused-ring (bicyclic) bond motifs is 1. The fraction of sp³-hybridized carbons (Fsp3) is 0.259. The molecule has 0 saturated carbocycles. The van der Waals surface area contributed by atoms with Gasteiger partial charge in [-0.25, -0.2) is 0 Å². The molecule has 0 aromatic heterocycles. The van der Waals surface area contributed by atoms with Crippen molar-refractivity contribution < 1.29 is 9.59 Å². The number of amides is 2. The summed E-state index contributed by atoms with van der Waals surface area (Å²) in [4.78, 5) is 27.6. The van der Waals surface area contributed by atoms with Crippen molar-refractivity contribution in [2.45, 2.75) is 32.1 Å². The number of aryl methyl sites for hydroxylation is 1. The van der Waals surface area contributed by atoms with Crippen molar-refractivity contribution >= 4 is 23.2 Å². The summed E-state index contributed by atoms with van der Waals surface area (Å²) < 4.78 is 0. The van der Waals surface area contributed by atoms with E-state index in [1.165, 1.54) is 17.5 Å². The van der Waals surface area contributed by atoms with Gasteiger partial charge in [-0.15, -0.1) is 0 Å². The predicted octanol–water partition coefficient (Wildman–Crippen LogP) is 5.22. The van der Waals surface area contributed by atoms with Crippen LogP contribution in [0.2, 0.25) is 0 Å². The molecule has 1 fully saturated rings. The zero-order chi connectivity index (χ0) is 21.2. The summed E-state index contributed by atoms with van der Waals surface area (Å²) >= 11 is 0. The van der Waals surface area contributed by atoms with Gasteiger partial charge in [0.15, 0.2) is 0 Å². The lowest BCUT2D eigenvalue weighted by atomic mass is 9.90. The third-order valence-corrected chi connectivity index (χ3v) is 6.40. The fourth-order valence-electron chi connectivity index (χ4n) is 4.78. The molecule has 4 nitrogen and oxygen atoms in total. The van der Waals surface area contributed by atoms with Gasteiger partial charge in [-0.2, -0.15) is 0 Å². The molecule has 2 aliphatic rings. The number of carbonyl (C=O) groups excluding carboxylic acids is 2. The normalized spacial score (nSPS) is 18.0. The lowest BCUT2D eigenvalue weighted by Crippen LogP contribution is -2.29. The third-order valence-electron chi connectivity index (χ3n) is 6.40. The van der Waals surface area contributed by atoms with E-state index < -0.39 is 0 Å². The summed E-state index contributed by atoms with van der Waals surface area (Å²) in [5.41, 5.74) is 6.56. The van der Waals surface area contributed by atoms with Crippen LogP contribution >= 0.6 is 0 Å². The van der Waals surface area contributed by atoms with Crippen molar-refractivity contribution in [3.63, 3.8) is 0 Å². The molecule has 1 unspecified atom stereocenters. The van der Waals surface area contributed by atoms with Gasteiger partial charge in [-0.1, -0.05) is 54.6 Å². The minimum absolute atomic E-state index is 0.0390. The minimum atomic E-state index is -0.340. The van der Waals surface area contributed by atoms with E-state index in [2.05, 4.69) is 23.5 Å². The Hall–Kier alpha value is -3.40. The van der Waals surface area contributed by atoms with Gasteiger partial charge < -0.3 is 10.2 Å². The van der Waals surface area contributed by atoms with Crippen molar-refractivity contribution in [3.8, 4) is 11.1 Å². The van der Waals surface area contributed by atoms with E-state index in [9.17, 15) is 9.59 Å². The van der Waals surface area contributed by atoms with Gasteiger partial charge in [0.05, 0.1) is 5.92 Å². The number of nitrogens with one attached hydrogen (secondary N) is 1. The van der Waals surface area contributed by atoms with E-state index in [4.69, 9.17) is 0 Å². The molecule has 5 rings (SSSR count). The smallest absolute Gasteiger partial charge is 0.229 e. The number of benzene rings is 3. The third kappa shape index (κ3) is 3.98. The van der Waals surface area contributed by atoms with Crippen molar-refractivity contribution in [1.82, 2.24) is 0 Å². The molecular formula is C27H26N2O2. The van der Waals surface area contributed by atoms with E-state index in [1.807, 2.05) is 59.5 Å². The summed E-state index contributed by atoms with van der Waals surface area (Å²) in [5.74, 6) is -0.393. The number of hydrogen-bond acceptors (Lipinski definition) is 2. The Kier molecular flexibility index (Phi) is 5.29. The lowest BCUT2D eigenvalue weighted by Gasteiger charge is -2.25. The Bertz CT molecular complexity index is 1120. The van der Waals surface area contributed by atoms with Crippen LogP contribution in [0, 0.1) is 5.92 Å². The van der Waals surface area contributed by atoms with Gasteiger partial charge in [-0.3, -0.25) is 9.59 Å². The first-order valence-electron chi connectivity index (χ1n) is 11.1. The first kappa shape index (κ1) is 19.6. The highest BCUT2D eigenvalue weighted by Crippen LogP contribution is 2.34. The van der Waals surface area contributed by atoms with Crippen molar-refractivity contribution in [1.29, 1.82) is 0 Å². The summed E-state index contributed by atoms with van der Waals surface area (Å²) in [6.07, 6.45) is 4.71. The number of anilines is 2. The quantitative estimate of drug-likeness (QED) is 0.641. The standard InChI is InChI=1S/C27H26N2O2/c30-26-17-22(18-29(26)25-15-7-11-20-10-4-5-14-24(20)25)27(31)28-23-13-6-12-21(16-23)19-8-2-1-3-9-19/h1-3,6-9,11-13,15-16,22H,4-5,10,14,17-18H2,(H,28,31). The van der Waals surface area contributed by atoms with E-state index >= 15 is 0 Å². The molecule has 156 valence electrons. The van der Waals surface area contributed by atoms with E-state index in [0.717, 1.165) is 41.8 Å². The second-order valence-corrected chi connectivity index (χ2v) is 8.46. The van der Waals surface area contributed by atoms with Gasteiger partial charge in [0.1, 0.15) is 0 Å². The molecule has 1 N–H and O–H groups in total. The minimum Gasteiger partial charge on any atom is -0.326 e. The van der Waals surface area contributed by atoms with Crippen LogP contribution in [0.3, 0.4) is 0 Å². The zero-order valence-electron chi connectivity index (χ0n) is 17.5. The molecule has 3 aromatic carbocycles. The second kappa shape index (κ2) is 8.38. The fourth-order valence-corrected chi connectivity index (χ4v) is 4.78. The van der Waals surface area contributed by atoms with Crippen LogP contribution < -0.4 is 10.2 Å². The number of carbonyl (C=O) groups is 2. The zero-order valence-corrected chi connectivity index (χ0v) is 17.5. The molecule has 2 amide bonds. The monoisotopic (exact) mass is 410 g/mol. The van der Waals surface area contributed by atoms with E-state index in [0.29, 0.717) is 6.54 Å². The van der Waals surface area contributed by atoms with Gasteiger partial charge in [0.2, 0.25) is 11.8 Å². The molecule has 0 bridgehead atoms. The second-order valence-electron chi connectivity index (χ2n) is 8.46. The Balaban J connectivity index is 1.31. The molecule has 1 aliphatic heterocycles. The molecular weight excluding hydrogens is 384 g/mol. The molecule has 3 aromatic rings. The van der Waals surface area contributed by atoms with E-state index in [-0.39, 0.29) is 24.2 Å². The van der Waals surface area contributed by atoms with Crippen molar-refractivity contribution in [2.24, 2.45) is 5.92 Å². The highest BCUT2D eigenvalue weighted by atomic mass is 16.2. The first-order chi connectivity index (χ1) is 15.2. The highest BCUT2D eigenvalue weighted by Gasteiger charge is 2.36. The van der Waals surface area contributed by atoms with Crippen LogP contribution in [0.5, 0.6) is 0 Å². The predicted molar refractivity (Wildman–Crippen MR) is 124 cm³/mol. The SMILES string of the molecule is O=C(Nc1cccc(-c2ccccc2)c1)C1CC(=O)N(c2cccc3c2CCCC3)C1. The Morgan fingerprint density at radius 1 is 0.871 bits per heavy atom. The molecule has 31 heavy (non-hydrogen) atoms. The van der Waals surface area contributed by atoms with Crippen LogP contribution in [0.1, 0.15) is 30.4 Å². The maximum Gasteiger partial charge on any atom is 0.229 e. The largest absolute Gasteiger partial charge is 0.326 e. The van der Waals surface area contributed by atoms with Crippen LogP contribution in [0.15, 0.2) is 72.8 Å². The molecule has 1 aliphatic carbocycles. The van der Waals surface area contributed by atoms with Crippen molar-refractivity contribution in [3.05, 3.63) is 83.9 Å². The molecule has 0 spiro atoms. The van der Waals surface area contributed by atoms with Crippen molar-refractivity contribution in [2.75, 3.05) is 16.8 Å². The average Bonchev–Trinajstić information content (AvgIpc) is 3.21. The molecule has 1 saturated heterocycles. The Morgan fingerprint density at radius 3 is 2.52 bits per heavy atom. The number of nitrogens with zero attached hydrogens (tertiary/aromatic N) is 1. The molecule has 4 heteroatoms. The highest BCUT2D eigenvalue weighted by molar-refractivity contribution is 6.04. The summed E-state index contributed by atoms with van der Waals surface area (Å²) in [6.45, 7) is 0.444. The Labute approximate surface area is 182 Å². The van der Waals surface area contributed by atoms with Gasteiger partial charge in [0.25, 0.3) is 0 Å². The molecule has 1 heterocycles. The number of rotatable bonds is 4. The topological polar surface area (TPSA) is 49.4 Å². The first-order valence-corrected chi connectivity index (χ1v) is 11.1. The maximum absolute atomic E-state index is 13.0. The molecule has 0 radical (unpaired) electrons. The van der Waals surface area contributed by atoms with Gasteiger partial charge >= 0.3 is 0 Å². The van der Waals surface area contributed by atoms with Crippen LogP contribution in [0.25, 0.3) is 11.1 Å². The van der Waals surface area contributed by atoms with Gasteiger partial charge in [-0.05, 0) is 66.1 Å². The van der Waals surface area contributed by atoms with Crippen LogP contribution in [-0.2, 0) is 22.4 Å². The molecule has 1 atom stereocenters. The van der Waals surface area contributed by atoms with Crippen LogP contribution in [0.4, 0.5) is 11.4 Å². The Morgan fingerprint density at radius 2 is 1.65 bits per heavy atom. The summed E-state index contributed by atoms with van der Waals surface area (Å²) in [6, 6.07) is 24.2. The van der Waals surface area contributed by atoms with E-state index in [1.54, 1.807) is 0 Å². The maximum atomic E-state index is 13.0. The summed E-state index contributed by atoms with van der Waals surface area (Å²) in [5, 5.41) is 3.03. The lowest BCUT2D eigenvalue weighted by molar-refractivity contribution is -0.122. The number of hydrogen-bond donors (Lipinski definition) is 1. The average molecular weight is 411 g/mol. The van der Waals surface area contributed by atoms with Gasteiger partial charge in [0, 0.05) is 24.3 Å².